The van der Waals surface area contributed by atoms with Gasteiger partial charge in [0.05, 0.1) is 0 Å². The molecule has 0 radical (unpaired) electrons. The Morgan fingerprint density at radius 1 is 1.48 bits per heavy atom. The van der Waals surface area contributed by atoms with Crippen LogP contribution in [0.2, 0.25) is 0 Å². The minimum Gasteiger partial charge on any atom is -0.382 e. The number of nitrogens with two attached hydrogens (primary N) is 1. The summed E-state index contributed by atoms with van der Waals surface area (Å²) >= 11 is 1.36. The zero-order valence-corrected chi connectivity index (χ0v) is 14.0. The molecule has 1 aromatic rings. The maximum atomic E-state index is 12.7. The second-order valence-electron chi connectivity index (χ2n) is 6.03. The first-order chi connectivity index (χ1) is 10.0. The zero-order valence-electron chi connectivity index (χ0n) is 13.2. The molecule has 1 aromatic heterocycles. The van der Waals surface area contributed by atoms with E-state index < -0.39 is 0 Å². The first kappa shape index (κ1) is 16.1. The lowest BCUT2D eigenvalue weighted by Gasteiger charge is -2.19. The molecule has 5 nitrogen and oxygen atoms in total. The summed E-state index contributed by atoms with van der Waals surface area (Å²) in [5.74, 6) is 1.14. The van der Waals surface area contributed by atoms with Gasteiger partial charge < -0.3 is 16.0 Å². The monoisotopic (exact) mass is 310 g/mol. The molecular formula is C15H26N4OS. The van der Waals surface area contributed by atoms with Gasteiger partial charge in [0.25, 0.3) is 5.91 Å². The molecule has 6 heteroatoms. The summed E-state index contributed by atoms with van der Waals surface area (Å²) in [5, 5.41) is 3.94. The fourth-order valence-electron chi connectivity index (χ4n) is 2.71. The van der Waals surface area contributed by atoms with Crippen molar-refractivity contribution in [2.45, 2.75) is 52.5 Å². The van der Waals surface area contributed by atoms with E-state index in [0.29, 0.717) is 10.7 Å². The highest BCUT2D eigenvalue weighted by molar-refractivity contribution is 7.18. The van der Waals surface area contributed by atoms with Crippen molar-refractivity contribution in [2.75, 3.05) is 24.1 Å². The number of rotatable bonds is 4. The van der Waals surface area contributed by atoms with Gasteiger partial charge in [-0.1, -0.05) is 24.7 Å². The molecule has 3 N–H and O–H groups in total. The molecule has 2 rings (SSSR count). The van der Waals surface area contributed by atoms with Crippen molar-refractivity contribution in [2.24, 2.45) is 5.92 Å². The van der Waals surface area contributed by atoms with Crippen LogP contribution in [0.15, 0.2) is 0 Å². The number of anilines is 2. The summed E-state index contributed by atoms with van der Waals surface area (Å²) in [4.78, 5) is 19.4. The van der Waals surface area contributed by atoms with Crippen molar-refractivity contribution in [3.63, 3.8) is 0 Å². The van der Waals surface area contributed by atoms with Gasteiger partial charge in [0.2, 0.25) is 0 Å². The highest BCUT2D eigenvalue weighted by Crippen LogP contribution is 2.28. The Morgan fingerprint density at radius 2 is 2.24 bits per heavy atom. The van der Waals surface area contributed by atoms with Crippen molar-refractivity contribution in [3.05, 3.63) is 4.88 Å². The smallest absolute Gasteiger partial charge is 0.267 e. The molecule has 2 heterocycles. The number of carbonyl (C=O) groups is 1. The van der Waals surface area contributed by atoms with Gasteiger partial charge >= 0.3 is 0 Å². The van der Waals surface area contributed by atoms with Crippen LogP contribution in [0.1, 0.15) is 56.1 Å². The zero-order chi connectivity index (χ0) is 15.4. The Kier molecular flexibility index (Phi) is 5.45. The molecule has 1 saturated heterocycles. The molecule has 1 unspecified atom stereocenters. The molecular weight excluding hydrogens is 284 g/mol. The first-order valence-corrected chi connectivity index (χ1v) is 8.65. The second-order valence-corrected chi connectivity index (χ2v) is 7.03. The van der Waals surface area contributed by atoms with Gasteiger partial charge in [0.15, 0.2) is 5.13 Å². The number of thiazole rings is 1. The number of nitrogens with one attached hydrogen (secondary N) is 1. The summed E-state index contributed by atoms with van der Waals surface area (Å²) in [6.07, 6.45) is 4.60. The van der Waals surface area contributed by atoms with E-state index in [9.17, 15) is 4.79 Å². The number of aromatic nitrogens is 1. The third-order valence-electron chi connectivity index (χ3n) is 3.97. The summed E-state index contributed by atoms with van der Waals surface area (Å²) in [5.41, 5.74) is 5.93. The molecule has 0 spiro atoms. The third-order valence-corrected chi connectivity index (χ3v) is 4.96. The molecule has 1 atom stereocenters. The third kappa shape index (κ3) is 4.09. The first-order valence-electron chi connectivity index (χ1n) is 7.83. The summed E-state index contributed by atoms with van der Waals surface area (Å²) in [6, 6.07) is 0.280. The van der Waals surface area contributed by atoms with Gasteiger partial charge in [-0.25, -0.2) is 4.98 Å². The summed E-state index contributed by atoms with van der Waals surface area (Å²) in [7, 11) is 0. The van der Waals surface area contributed by atoms with Crippen LogP contribution >= 0.6 is 11.3 Å². The van der Waals surface area contributed by atoms with E-state index in [-0.39, 0.29) is 11.9 Å². The lowest BCUT2D eigenvalue weighted by molar-refractivity contribution is 0.0765. The Labute approximate surface area is 130 Å². The average molecular weight is 310 g/mol. The van der Waals surface area contributed by atoms with Crippen LogP contribution in [-0.2, 0) is 0 Å². The molecule has 0 saturated carbocycles. The second kappa shape index (κ2) is 7.11. The maximum Gasteiger partial charge on any atom is 0.267 e. The number of carbonyl (C=O) groups excluding carboxylic acids is 1. The van der Waals surface area contributed by atoms with Gasteiger partial charge in [0, 0.05) is 19.1 Å². The molecule has 1 fully saturated rings. The normalized spacial score (nSPS) is 19.6. The molecule has 0 aromatic carbocycles. The van der Waals surface area contributed by atoms with Crippen LogP contribution in [0.3, 0.4) is 0 Å². The quantitative estimate of drug-likeness (QED) is 0.896. The minimum atomic E-state index is 0.0403. The van der Waals surface area contributed by atoms with Crippen LogP contribution < -0.4 is 11.1 Å². The van der Waals surface area contributed by atoms with Crippen molar-refractivity contribution in [3.8, 4) is 0 Å². The van der Waals surface area contributed by atoms with Gasteiger partial charge in [-0.05, 0) is 39.0 Å². The molecule has 0 aliphatic carbocycles. The highest BCUT2D eigenvalue weighted by Gasteiger charge is 2.25. The Bertz CT molecular complexity index is 486. The highest BCUT2D eigenvalue weighted by atomic mass is 32.1. The number of likely N-dealkylation sites (tertiary alicyclic amines) is 1. The van der Waals surface area contributed by atoms with E-state index in [1.165, 1.54) is 24.2 Å². The average Bonchev–Trinajstić information content (AvgIpc) is 2.65. The van der Waals surface area contributed by atoms with E-state index in [1.54, 1.807) is 0 Å². The van der Waals surface area contributed by atoms with Crippen LogP contribution in [0.4, 0.5) is 10.9 Å². The maximum absolute atomic E-state index is 12.7. The lowest BCUT2D eigenvalue weighted by atomic mass is 9.98. The Morgan fingerprint density at radius 3 is 2.90 bits per heavy atom. The van der Waals surface area contributed by atoms with E-state index in [2.05, 4.69) is 17.2 Å². The van der Waals surface area contributed by atoms with Gasteiger partial charge in [-0.3, -0.25) is 4.79 Å². The van der Waals surface area contributed by atoms with E-state index in [4.69, 9.17) is 5.73 Å². The number of nitrogen functional groups attached to an aromatic ring is 1. The van der Waals surface area contributed by atoms with Crippen molar-refractivity contribution in [1.29, 1.82) is 0 Å². The number of amides is 1. The van der Waals surface area contributed by atoms with Crippen molar-refractivity contribution < 1.29 is 4.79 Å². The number of hydrogen-bond donors (Lipinski definition) is 2. The van der Waals surface area contributed by atoms with Crippen LogP contribution in [-0.4, -0.2) is 34.9 Å². The van der Waals surface area contributed by atoms with Crippen LogP contribution in [0, 0.1) is 5.92 Å². The van der Waals surface area contributed by atoms with Crippen LogP contribution in [0.5, 0.6) is 0 Å². The van der Waals surface area contributed by atoms with Gasteiger partial charge in [0.1, 0.15) is 10.7 Å². The Balaban J connectivity index is 2.07. The van der Waals surface area contributed by atoms with E-state index in [0.717, 1.165) is 37.0 Å². The molecule has 118 valence electrons. The Hall–Kier alpha value is -1.30. The number of hydrogen-bond acceptors (Lipinski definition) is 5. The van der Waals surface area contributed by atoms with Crippen molar-refractivity contribution >= 4 is 28.2 Å². The lowest BCUT2D eigenvalue weighted by Crippen LogP contribution is -2.31. The van der Waals surface area contributed by atoms with Gasteiger partial charge in [-0.2, -0.15) is 0 Å². The molecule has 21 heavy (non-hydrogen) atoms. The topological polar surface area (TPSA) is 71.2 Å². The van der Waals surface area contributed by atoms with Crippen LogP contribution in [0.25, 0.3) is 0 Å². The molecule has 1 aliphatic heterocycles. The minimum absolute atomic E-state index is 0.0403. The van der Waals surface area contributed by atoms with E-state index >= 15 is 0 Å². The SMILES string of the molecule is CCC1CCCN(C(=O)c2sc(NC(C)C)nc2N)CC1. The molecule has 1 amide bonds. The predicted octanol–water partition coefficient (Wildman–Crippen LogP) is 3.20. The largest absolute Gasteiger partial charge is 0.382 e. The van der Waals surface area contributed by atoms with E-state index in [1.807, 2.05) is 18.7 Å². The number of nitrogens with zero attached hydrogens (tertiary/aromatic N) is 2. The summed E-state index contributed by atoms with van der Waals surface area (Å²) < 4.78 is 0. The molecule has 0 bridgehead atoms. The van der Waals surface area contributed by atoms with Crippen molar-refractivity contribution in [1.82, 2.24) is 9.88 Å². The predicted molar refractivity (Wildman–Crippen MR) is 88.8 cm³/mol. The fourth-order valence-corrected chi connectivity index (χ4v) is 3.71. The summed E-state index contributed by atoms with van der Waals surface area (Å²) in [6.45, 7) is 7.98. The standard InChI is InChI=1S/C15H26N4OS/c1-4-11-6-5-8-19(9-7-11)14(20)12-13(16)18-15(21-12)17-10(2)3/h10-11H,4-9,16H2,1-3H3,(H,17,18). The molecule has 1 aliphatic rings. The van der Waals surface area contributed by atoms with Gasteiger partial charge in [-0.15, -0.1) is 0 Å². The fraction of sp³-hybridized carbons (Fsp3) is 0.733.